The lowest BCUT2D eigenvalue weighted by molar-refractivity contribution is 0.393. The summed E-state index contributed by atoms with van der Waals surface area (Å²) in [5, 5.41) is 7.04. The van der Waals surface area contributed by atoms with Crippen molar-refractivity contribution in [3.05, 3.63) is 18.5 Å². The summed E-state index contributed by atoms with van der Waals surface area (Å²) in [6, 6.07) is 1.87. The molecule has 0 aliphatic carbocycles. The summed E-state index contributed by atoms with van der Waals surface area (Å²) in [7, 11) is 0. The SMILES string of the molecule is c1cc(-c2conn2)sn1. The normalized spacial score (nSPS) is 10.0. The fraction of sp³-hybridized carbons (Fsp3) is 0. The van der Waals surface area contributed by atoms with E-state index in [1.54, 1.807) is 6.20 Å². The minimum Gasteiger partial charge on any atom is -0.345 e. The molecule has 0 unspecified atom stereocenters. The molecule has 0 radical (unpaired) electrons. The van der Waals surface area contributed by atoms with Gasteiger partial charge in [-0.2, -0.15) is 0 Å². The lowest BCUT2D eigenvalue weighted by atomic mass is 10.4. The van der Waals surface area contributed by atoms with Crippen molar-refractivity contribution in [2.45, 2.75) is 0 Å². The van der Waals surface area contributed by atoms with Crippen LogP contribution in [0.25, 0.3) is 10.6 Å². The summed E-state index contributed by atoms with van der Waals surface area (Å²) >= 11 is 1.37. The average Bonchev–Trinajstić information content (AvgIpc) is 2.59. The molecular weight excluding hydrogens is 150 g/mol. The molecule has 50 valence electrons. The Morgan fingerprint density at radius 1 is 1.50 bits per heavy atom. The highest BCUT2D eigenvalue weighted by Crippen LogP contribution is 2.18. The first-order chi connectivity index (χ1) is 4.97. The van der Waals surface area contributed by atoms with Crippen LogP contribution in [0.4, 0.5) is 0 Å². The van der Waals surface area contributed by atoms with Gasteiger partial charge in [-0.15, -0.1) is 5.10 Å². The van der Waals surface area contributed by atoms with Gasteiger partial charge >= 0.3 is 0 Å². The van der Waals surface area contributed by atoms with Gasteiger partial charge in [0.25, 0.3) is 0 Å². The predicted octanol–water partition coefficient (Wildman–Crippen LogP) is 1.19. The molecule has 4 nitrogen and oxygen atoms in total. The smallest absolute Gasteiger partial charge is 0.153 e. The molecule has 0 bridgehead atoms. The highest BCUT2D eigenvalue weighted by atomic mass is 32.1. The summed E-state index contributed by atoms with van der Waals surface area (Å²) in [5.41, 5.74) is 0.738. The average molecular weight is 153 g/mol. The maximum absolute atomic E-state index is 4.56. The quantitative estimate of drug-likeness (QED) is 0.617. The van der Waals surface area contributed by atoms with Crippen molar-refractivity contribution in [1.29, 1.82) is 0 Å². The Kier molecular flexibility index (Phi) is 1.21. The highest BCUT2D eigenvalue weighted by Gasteiger charge is 2.01. The van der Waals surface area contributed by atoms with Gasteiger partial charge < -0.3 is 4.52 Å². The summed E-state index contributed by atoms with van der Waals surface area (Å²) in [4.78, 5) is 0.973. The van der Waals surface area contributed by atoms with Crippen molar-refractivity contribution in [1.82, 2.24) is 14.7 Å². The first-order valence-corrected chi connectivity index (χ1v) is 3.42. The van der Waals surface area contributed by atoms with Gasteiger partial charge in [-0.3, -0.25) is 0 Å². The van der Waals surface area contributed by atoms with Crippen LogP contribution in [0.15, 0.2) is 23.0 Å². The van der Waals surface area contributed by atoms with Crippen LogP contribution in [0.3, 0.4) is 0 Å². The van der Waals surface area contributed by atoms with Crippen LogP contribution >= 0.6 is 11.5 Å². The Bertz CT molecular complexity index is 256. The van der Waals surface area contributed by atoms with E-state index < -0.39 is 0 Å². The Morgan fingerprint density at radius 3 is 3.10 bits per heavy atom. The third kappa shape index (κ3) is 0.801. The van der Waals surface area contributed by atoms with E-state index in [-0.39, 0.29) is 0 Å². The zero-order chi connectivity index (χ0) is 6.81. The molecule has 2 aromatic rings. The van der Waals surface area contributed by atoms with Crippen molar-refractivity contribution in [2.24, 2.45) is 0 Å². The monoisotopic (exact) mass is 153 g/mol. The van der Waals surface area contributed by atoms with Gasteiger partial charge in [-0.1, -0.05) is 0 Å². The highest BCUT2D eigenvalue weighted by molar-refractivity contribution is 7.09. The molecule has 0 aromatic carbocycles. The fourth-order valence-corrected chi connectivity index (χ4v) is 1.16. The molecule has 0 atom stereocenters. The van der Waals surface area contributed by atoms with Gasteiger partial charge in [0.2, 0.25) is 0 Å². The molecule has 10 heavy (non-hydrogen) atoms. The zero-order valence-corrected chi connectivity index (χ0v) is 5.71. The van der Waals surface area contributed by atoms with Crippen molar-refractivity contribution in [3.8, 4) is 10.6 Å². The number of hydrogen-bond acceptors (Lipinski definition) is 5. The van der Waals surface area contributed by atoms with Gasteiger partial charge in [-0.25, -0.2) is 4.37 Å². The largest absolute Gasteiger partial charge is 0.345 e. The third-order valence-corrected chi connectivity index (χ3v) is 1.82. The van der Waals surface area contributed by atoms with E-state index in [0.29, 0.717) is 0 Å². The fourth-order valence-electron chi connectivity index (χ4n) is 0.620. The molecule has 0 aliphatic heterocycles. The van der Waals surface area contributed by atoms with Crippen LogP contribution in [0, 0.1) is 0 Å². The number of nitrogens with zero attached hydrogens (tertiary/aromatic N) is 3. The summed E-state index contributed by atoms with van der Waals surface area (Å²) in [6.45, 7) is 0. The maximum Gasteiger partial charge on any atom is 0.153 e. The molecule has 0 spiro atoms. The summed E-state index contributed by atoms with van der Waals surface area (Å²) < 4.78 is 8.47. The molecule has 0 aliphatic rings. The van der Waals surface area contributed by atoms with Gasteiger partial charge in [0.05, 0.1) is 4.88 Å². The van der Waals surface area contributed by atoms with Crippen molar-refractivity contribution < 1.29 is 4.52 Å². The van der Waals surface area contributed by atoms with Crippen LogP contribution in [0.1, 0.15) is 0 Å². The van der Waals surface area contributed by atoms with Gasteiger partial charge in [0.1, 0.15) is 5.69 Å². The first-order valence-electron chi connectivity index (χ1n) is 2.65. The van der Waals surface area contributed by atoms with Crippen LogP contribution in [0.2, 0.25) is 0 Å². The van der Waals surface area contributed by atoms with E-state index in [1.165, 1.54) is 17.8 Å². The van der Waals surface area contributed by atoms with Crippen molar-refractivity contribution in [3.63, 3.8) is 0 Å². The van der Waals surface area contributed by atoms with Crippen LogP contribution in [0.5, 0.6) is 0 Å². The van der Waals surface area contributed by atoms with E-state index in [2.05, 4.69) is 19.3 Å². The minimum absolute atomic E-state index is 0.738. The Balaban J connectivity index is 2.48. The number of hydrogen-bond donors (Lipinski definition) is 0. The molecule has 5 heteroatoms. The molecule has 2 aromatic heterocycles. The van der Waals surface area contributed by atoms with Crippen molar-refractivity contribution in [2.75, 3.05) is 0 Å². The van der Waals surface area contributed by atoms with E-state index in [0.717, 1.165) is 10.6 Å². The third-order valence-electron chi connectivity index (χ3n) is 1.05. The standard InChI is InChI=1S/C5H3N3OS/c1-2-6-10-5(1)4-3-9-8-7-4/h1-3H. The maximum atomic E-state index is 4.56. The molecule has 0 fully saturated rings. The molecule has 0 amide bonds. The Hall–Kier alpha value is -1.23. The second kappa shape index (κ2) is 2.18. The topological polar surface area (TPSA) is 51.8 Å². The van der Waals surface area contributed by atoms with E-state index in [4.69, 9.17) is 0 Å². The number of aromatic nitrogens is 3. The van der Waals surface area contributed by atoms with Gasteiger partial charge in [-0.05, 0) is 17.6 Å². The zero-order valence-electron chi connectivity index (χ0n) is 4.89. The van der Waals surface area contributed by atoms with Gasteiger partial charge in [0, 0.05) is 11.5 Å². The summed E-state index contributed by atoms with van der Waals surface area (Å²) in [5.74, 6) is 0. The lowest BCUT2D eigenvalue weighted by Crippen LogP contribution is -1.69. The van der Waals surface area contributed by atoms with Crippen molar-refractivity contribution >= 4 is 11.5 Å². The summed E-state index contributed by atoms with van der Waals surface area (Å²) in [6.07, 6.45) is 3.21. The second-order valence-corrected chi connectivity index (χ2v) is 2.50. The van der Waals surface area contributed by atoms with Crippen LogP contribution < -0.4 is 0 Å². The molecule has 2 heterocycles. The van der Waals surface area contributed by atoms with E-state index in [9.17, 15) is 0 Å². The number of rotatable bonds is 1. The second-order valence-electron chi connectivity index (χ2n) is 1.67. The molecular formula is C5H3N3OS. The molecule has 2 rings (SSSR count). The van der Waals surface area contributed by atoms with E-state index >= 15 is 0 Å². The van der Waals surface area contributed by atoms with Crippen LogP contribution in [-0.4, -0.2) is 14.7 Å². The van der Waals surface area contributed by atoms with E-state index in [1.807, 2.05) is 6.07 Å². The molecule has 0 saturated heterocycles. The van der Waals surface area contributed by atoms with Crippen LogP contribution in [-0.2, 0) is 0 Å². The predicted molar refractivity (Wildman–Crippen MR) is 35.4 cm³/mol. The Morgan fingerprint density at radius 2 is 2.50 bits per heavy atom. The molecule has 0 N–H and O–H groups in total. The Labute approximate surface area is 60.6 Å². The molecule has 0 saturated carbocycles. The van der Waals surface area contributed by atoms with Gasteiger partial charge in [0.15, 0.2) is 6.26 Å². The minimum atomic E-state index is 0.738. The first kappa shape index (κ1) is 5.55. The lowest BCUT2D eigenvalue weighted by Gasteiger charge is -1.78.